The van der Waals surface area contributed by atoms with Gasteiger partial charge in [-0.3, -0.25) is 4.79 Å². The van der Waals surface area contributed by atoms with Gasteiger partial charge in [0, 0.05) is 19.2 Å². The lowest BCUT2D eigenvalue weighted by molar-refractivity contribution is -0.121. The van der Waals surface area contributed by atoms with Crippen molar-refractivity contribution in [2.75, 3.05) is 20.7 Å². The number of nitrogens with zero attached hydrogens (tertiary/aromatic N) is 2. The molecule has 0 aliphatic heterocycles. The molecule has 0 radical (unpaired) electrons. The van der Waals surface area contributed by atoms with Gasteiger partial charge >= 0.3 is 0 Å². The molecule has 2 rings (SSSR count). The van der Waals surface area contributed by atoms with Crippen LogP contribution in [0.4, 0.5) is 0 Å². The van der Waals surface area contributed by atoms with E-state index in [4.69, 9.17) is 4.74 Å². The van der Waals surface area contributed by atoms with Crippen molar-refractivity contribution < 1.29 is 9.53 Å². The standard InChI is InChI=1S/C15H20N4O2/c1-16-9-7-15(20)17-11-12-8-10-19(18-12)13-3-5-14(21-2)6-4-13/h3-6,8,10,16H,7,9,11H2,1-2H3,(H,17,20). The van der Waals surface area contributed by atoms with Gasteiger partial charge in [0.15, 0.2) is 0 Å². The van der Waals surface area contributed by atoms with Crippen molar-refractivity contribution >= 4 is 5.91 Å². The van der Waals surface area contributed by atoms with E-state index >= 15 is 0 Å². The van der Waals surface area contributed by atoms with Gasteiger partial charge in [-0.2, -0.15) is 5.10 Å². The summed E-state index contributed by atoms with van der Waals surface area (Å²) >= 11 is 0. The highest BCUT2D eigenvalue weighted by molar-refractivity contribution is 5.75. The van der Waals surface area contributed by atoms with Gasteiger partial charge in [0.25, 0.3) is 0 Å². The van der Waals surface area contributed by atoms with Gasteiger partial charge in [0.1, 0.15) is 5.75 Å². The summed E-state index contributed by atoms with van der Waals surface area (Å²) in [5, 5.41) is 10.2. The van der Waals surface area contributed by atoms with E-state index < -0.39 is 0 Å². The summed E-state index contributed by atoms with van der Waals surface area (Å²) in [6.07, 6.45) is 2.34. The second kappa shape index (κ2) is 7.44. The monoisotopic (exact) mass is 288 g/mol. The van der Waals surface area contributed by atoms with Crippen molar-refractivity contribution in [3.63, 3.8) is 0 Å². The molecule has 2 aromatic rings. The van der Waals surface area contributed by atoms with E-state index in [2.05, 4.69) is 15.7 Å². The van der Waals surface area contributed by atoms with Crippen molar-refractivity contribution in [2.45, 2.75) is 13.0 Å². The molecule has 1 heterocycles. The summed E-state index contributed by atoms with van der Waals surface area (Å²) in [5.41, 5.74) is 1.77. The number of nitrogens with one attached hydrogen (secondary N) is 2. The molecule has 0 bridgehead atoms. The van der Waals surface area contributed by atoms with Crippen LogP contribution < -0.4 is 15.4 Å². The molecule has 1 aromatic carbocycles. The number of benzene rings is 1. The first kappa shape index (κ1) is 15.1. The Morgan fingerprint density at radius 3 is 2.71 bits per heavy atom. The van der Waals surface area contributed by atoms with Crippen LogP contribution in [0.3, 0.4) is 0 Å². The summed E-state index contributed by atoms with van der Waals surface area (Å²) in [4.78, 5) is 11.5. The first-order valence-corrected chi connectivity index (χ1v) is 6.83. The van der Waals surface area contributed by atoms with Gasteiger partial charge in [0.05, 0.1) is 25.0 Å². The van der Waals surface area contributed by atoms with E-state index in [0.717, 1.165) is 17.1 Å². The summed E-state index contributed by atoms with van der Waals surface area (Å²) in [6, 6.07) is 9.53. The van der Waals surface area contributed by atoms with E-state index in [1.807, 2.05) is 43.6 Å². The Morgan fingerprint density at radius 1 is 1.29 bits per heavy atom. The molecule has 0 fully saturated rings. The zero-order valence-electron chi connectivity index (χ0n) is 12.3. The quantitative estimate of drug-likeness (QED) is 0.801. The van der Waals surface area contributed by atoms with Crippen LogP contribution in [0.25, 0.3) is 5.69 Å². The molecular formula is C15H20N4O2. The van der Waals surface area contributed by atoms with Gasteiger partial charge in [-0.25, -0.2) is 4.68 Å². The lowest BCUT2D eigenvalue weighted by atomic mass is 10.3. The van der Waals surface area contributed by atoms with Crippen LogP contribution in [0.5, 0.6) is 5.75 Å². The second-order valence-electron chi connectivity index (χ2n) is 4.58. The van der Waals surface area contributed by atoms with Crippen LogP contribution in [-0.2, 0) is 11.3 Å². The topological polar surface area (TPSA) is 68.2 Å². The predicted molar refractivity (Wildman–Crippen MR) is 80.5 cm³/mol. The lowest BCUT2D eigenvalue weighted by Gasteiger charge is -2.04. The average Bonchev–Trinajstić information content (AvgIpc) is 3.00. The number of aromatic nitrogens is 2. The minimum atomic E-state index is 0.0170. The molecule has 1 aromatic heterocycles. The van der Waals surface area contributed by atoms with Gasteiger partial charge in [0.2, 0.25) is 5.91 Å². The molecule has 0 aliphatic rings. The third-order valence-corrected chi connectivity index (χ3v) is 3.05. The summed E-state index contributed by atoms with van der Waals surface area (Å²) in [7, 11) is 3.46. The summed E-state index contributed by atoms with van der Waals surface area (Å²) in [5.74, 6) is 0.825. The van der Waals surface area contributed by atoms with Gasteiger partial charge in [-0.1, -0.05) is 0 Å². The van der Waals surface area contributed by atoms with E-state index in [0.29, 0.717) is 19.5 Å². The number of amides is 1. The Bertz CT molecular complexity index is 578. The number of carbonyl (C=O) groups is 1. The normalized spacial score (nSPS) is 10.4. The minimum absolute atomic E-state index is 0.0170. The smallest absolute Gasteiger partial charge is 0.221 e. The molecule has 0 saturated heterocycles. The molecule has 0 saturated carbocycles. The molecule has 112 valence electrons. The SMILES string of the molecule is CNCCC(=O)NCc1ccn(-c2ccc(OC)cc2)n1. The maximum Gasteiger partial charge on any atom is 0.221 e. The summed E-state index contributed by atoms with van der Waals surface area (Å²) < 4.78 is 6.90. The van der Waals surface area contributed by atoms with E-state index in [1.165, 1.54) is 0 Å². The summed E-state index contributed by atoms with van der Waals surface area (Å²) in [6.45, 7) is 1.11. The highest BCUT2D eigenvalue weighted by Crippen LogP contribution is 2.14. The Hall–Kier alpha value is -2.34. The molecule has 2 N–H and O–H groups in total. The molecule has 0 aliphatic carbocycles. The fraction of sp³-hybridized carbons (Fsp3) is 0.333. The second-order valence-corrected chi connectivity index (χ2v) is 4.58. The van der Waals surface area contributed by atoms with Crippen LogP contribution in [0.2, 0.25) is 0 Å². The molecule has 1 amide bonds. The highest BCUT2D eigenvalue weighted by Gasteiger charge is 2.04. The van der Waals surface area contributed by atoms with Gasteiger partial charge in [-0.05, 0) is 37.4 Å². The Morgan fingerprint density at radius 2 is 2.05 bits per heavy atom. The fourth-order valence-corrected chi connectivity index (χ4v) is 1.85. The van der Waals surface area contributed by atoms with Crippen LogP contribution in [0.1, 0.15) is 12.1 Å². The number of rotatable bonds is 7. The van der Waals surface area contributed by atoms with Crippen molar-refractivity contribution in [3.8, 4) is 11.4 Å². The van der Waals surface area contributed by atoms with Crippen molar-refractivity contribution in [2.24, 2.45) is 0 Å². The number of hydrogen-bond acceptors (Lipinski definition) is 4. The zero-order chi connectivity index (χ0) is 15.1. The number of methoxy groups -OCH3 is 1. The van der Waals surface area contributed by atoms with Crippen molar-refractivity contribution in [3.05, 3.63) is 42.2 Å². The van der Waals surface area contributed by atoms with Crippen LogP contribution in [0, 0.1) is 0 Å². The molecule has 0 atom stereocenters. The average molecular weight is 288 g/mol. The maximum atomic E-state index is 11.5. The third-order valence-electron chi connectivity index (χ3n) is 3.05. The van der Waals surface area contributed by atoms with Gasteiger partial charge in [-0.15, -0.1) is 0 Å². The molecule has 6 nitrogen and oxygen atoms in total. The first-order chi connectivity index (χ1) is 10.2. The molecular weight excluding hydrogens is 268 g/mol. The van der Waals surface area contributed by atoms with E-state index in [1.54, 1.807) is 11.8 Å². The van der Waals surface area contributed by atoms with Crippen LogP contribution in [0.15, 0.2) is 36.5 Å². The van der Waals surface area contributed by atoms with Crippen molar-refractivity contribution in [1.82, 2.24) is 20.4 Å². The molecule has 21 heavy (non-hydrogen) atoms. The number of carbonyl (C=O) groups excluding carboxylic acids is 1. The number of hydrogen-bond donors (Lipinski definition) is 2. The fourth-order valence-electron chi connectivity index (χ4n) is 1.85. The number of ether oxygens (including phenoxy) is 1. The lowest BCUT2D eigenvalue weighted by Crippen LogP contribution is -2.26. The van der Waals surface area contributed by atoms with Gasteiger partial charge < -0.3 is 15.4 Å². The van der Waals surface area contributed by atoms with Crippen molar-refractivity contribution in [1.29, 1.82) is 0 Å². The molecule has 0 unspecified atom stereocenters. The molecule has 0 spiro atoms. The van der Waals surface area contributed by atoms with Crippen LogP contribution >= 0.6 is 0 Å². The Balaban J connectivity index is 1.92. The maximum absolute atomic E-state index is 11.5. The van der Waals surface area contributed by atoms with E-state index in [-0.39, 0.29) is 5.91 Å². The first-order valence-electron chi connectivity index (χ1n) is 6.83. The minimum Gasteiger partial charge on any atom is -0.497 e. The highest BCUT2D eigenvalue weighted by atomic mass is 16.5. The third kappa shape index (κ3) is 4.32. The zero-order valence-corrected chi connectivity index (χ0v) is 12.3. The Kier molecular flexibility index (Phi) is 5.34. The molecule has 6 heteroatoms. The van der Waals surface area contributed by atoms with Crippen LogP contribution in [-0.4, -0.2) is 36.4 Å². The predicted octanol–water partition coefficient (Wildman–Crippen LogP) is 1.11. The van der Waals surface area contributed by atoms with E-state index in [9.17, 15) is 4.79 Å². The Labute approximate surface area is 124 Å². The largest absolute Gasteiger partial charge is 0.497 e.